The maximum absolute atomic E-state index is 11.5. The van der Waals surface area contributed by atoms with Gasteiger partial charge in [-0.05, 0) is 59.8 Å². The zero-order valence-corrected chi connectivity index (χ0v) is 18.3. The molecule has 0 aliphatic heterocycles. The lowest BCUT2D eigenvalue weighted by Crippen LogP contribution is -2.45. The molecule has 1 fully saturated rings. The summed E-state index contributed by atoms with van der Waals surface area (Å²) >= 11 is 0. The van der Waals surface area contributed by atoms with Crippen molar-refractivity contribution in [3.63, 3.8) is 0 Å². The van der Waals surface area contributed by atoms with Crippen LogP contribution in [0.15, 0.2) is 4.99 Å². The summed E-state index contributed by atoms with van der Waals surface area (Å²) in [6.07, 6.45) is 3.82. The van der Waals surface area contributed by atoms with Gasteiger partial charge in [0, 0.05) is 25.7 Å². The Morgan fingerprint density at radius 1 is 1.20 bits per heavy atom. The summed E-state index contributed by atoms with van der Waals surface area (Å²) in [7, 11) is 0. The molecule has 1 aliphatic carbocycles. The maximum Gasteiger partial charge on any atom is 0.407 e. The molecule has 1 rings (SSSR count). The first-order chi connectivity index (χ1) is 11.3. The fourth-order valence-corrected chi connectivity index (χ4v) is 2.51. The van der Waals surface area contributed by atoms with E-state index < -0.39 is 11.7 Å². The van der Waals surface area contributed by atoms with Crippen LogP contribution in [0.3, 0.4) is 0 Å². The number of alkyl carbamates (subject to hydrolysis) is 1. The number of carbonyl (C=O) groups is 1. The van der Waals surface area contributed by atoms with Gasteiger partial charge in [-0.15, -0.1) is 24.0 Å². The van der Waals surface area contributed by atoms with E-state index in [1.54, 1.807) is 0 Å². The Hall–Kier alpha value is -0.770. The first-order valence-electron chi connectivity index (χ1n) is 9.00. The summed E-state index contributed by atoms with van der Waals surface area (Å²) in [5.74, 6) is 0.802. The van der Waals surface area contributed by atoms with E-state index in [1.807, 2.05) is 27.7 Å². The van der Waals surface area contributed by atoms with Gasteiger partial charge in [0.05, 0.1) is 6.10 Å². The summed E-state index contributed by atoms with van der Waals surface area (Å²) in [5.41, 5.74) is -0.474. The van der Waals surface area contributed by atoms with Crippen LogP contribution in [0, 0.1) is 0 Å². The molecule has 0 unspecified atom stereocenters. The molecule has 0 aromatic carbocycles. The molecule has 1 saturated carbocycles. The smallest absolute Gasteiger partial charge is 0.407 e. The second-order valence-corrected chi connectivity index (χ2v) is 7.19. The molecule has 1 aliphatic rings. The number of aliphatic hydroxyl groups excluding tert-OH is 1. The summed E-state index contributed by atoms with van der Waals surface area (Å²) < 4.78 is 5.18. The van der Waals surface area contributed by atoms with Gasteiger partial charge in [-0.25, -0.2) is 4.79 Å². The van der Waals surface area contributed by atoms with Gasteiger partial charge >= 0.3 is 6.09 Å². The van der Waals surface area contributed by atoms with Gasteiger partial charge < -0.3 is 25.8 Å². The molecule has 0 aromatic rings. The van der Waals surface area contributed by atoms with Gasteiger partial charge in [-0.2, -0.15) is 0 Å². The molecule has 4 N–H and O–H groups in total. The number of hydrogen-bond acceptors (Lipinski definition) is 4. The highest BCUT2D eigenvalue weighted by Crippen LogP contribution is 2.18. The molecule has 0 saturated heterocycles. The number of carbonyl (C=O) groups excluding carboxylic acids is 1. The second-order valence-electron chi connectivity index (χ2n) is 7.19. The molecule has 25 heavy (non-hydrogen) atoms. The lowest BCUT2D eigenvalue weighted by molar-refractivity contribution is 0.0527. The highest BCUT2D eigenvalue weighted by atomic mass is 127. The Bertz CT molecular complexity index is 405. The molecular weight excluding hydrogens is 435 g/mol. The van der Waals surface area contributed by atoms with Crippen molar-refractivity contribution in [1.82, 2.24) is 16.0 Å². The Kier molecular flexibility index (Phi) is 12.2. The molecule has 148 valence electrons. The van der Waals surface area contributed by atoms with E-state index >= 15 is 0 Å². The van der Waals surface area contributed by atoms with Crippen molar-refractivity contribution in [2.75, 3.05) is 19.6 Å². The van der Waals surface area contributed by atoms with Gasteiger partial charge in [-0.3, -0.25) is 4.99 Å². The predicted octanol–water partition coefficient (Wildman–Crippen LogP) is 2.38. The van der Waals surface area contributed by atoms with E-state index in [-0.39, 0.29) is 30.1 Å². The van der Waals surface area contributed by atoms with E-state index in [4.69, 9.17) is 4.74 Å². The van der Waals surface area contributed by atoms with Crippen LogP contribution in [0.4, 0.5) is 4.79 Å². The minimum Gasteiger partial charge on any atom is -0.444 e. The highest BCUT2D eigenvalue weighted by Gasteiger charge is 2.20. The van der Waals surface area contributed by atoms with Crippen molar-refractivity contribution < 1.29 is 14.6 Å². The molecule has 0 heterocycles. The predicted molar refractivity (Wildman–Crippen MR) is 112 cm³/mol. The van der Waals surface area contributed by atoms with Gasteiger partial charge in [0.2, 0.25) is 0 Å². The molecule has 0 bridgehead atoms. The van der Waals surface area contributed by atoms with Crippen molar-refractivity contribution in [3.8, 4) is 0 Å². The van der Waals surface area contributed by atoms with E-state index in [2.05, 4.69) is 20.9 Å². The Morgan fingerprint density at radius 3 is 2.40 bits per heavy atom. The third-order valence-corrected chi connectivity index (χ3v) is 3.65. The molecule has 7 nitrogen and oxygen atoms in total. The SMILES string of the molecule is CCNC(=NCCCNC(=O)OC(C)(C)C)NC1CCC(O)CC1.I. The Labute approximate surface area is 168 Å². The number of ether oxygens (including phenoxy) is 1. The van der Waals surface area contributed by atoms with Crippen LogP contribution in [-0.4, -0.2) is 54.5 Å². The summed E-state index contributed by atoms with van der Waals surface area (Å²) in [6.45, 7) is 9.53. The fraction of sp³-hybridized carbons (Fsp3) is 0.882. The zero-order chi connectivity index (χ0) is 18.0. The fourth-order valence-electron chi connectivity index (χ4n) is 2.51. The molecule has 0 radical (unpaired) electrons. The quantitative estimate of drug-likeness (QED) is 0.207. The molecule has 8 heteroatoms. The second kappa shape index (κ2) is 12.6. The lowest BCUT2D eigenvalue weighted by Gasteiger charge is -2.27. The Balaban J connectivity index is 0.00000576. The number of rotatable bonds is 6. The maximum atomic E-state index is 11.5. The number of amides is 1. The number of aliphatic hydroxyl groups is 1. The number of guanidine groups is 1. The molecule has 1 amide bonds. The van der Waals surface area contributed by atoms with Crippen LogP contribution in [0.1, 0.15) is 59.8 Å². The van der Waals surface area contributed by atoms with Crippen LogP contribution in [0.5, 0.6) is 0 Å². The van der Waals surface area contributed by atoms with Gasteiger partial charge in [0.25, 0.3) is 0 Å². The normalized spacial score (nSPS) is 21.1. The van der Waals surface area contributed by atoms with Crippen LogP contribution in [0.2, 0.25) is 0 Å². The van der Waals surface area contributed by atoms with Gasteiger partial charge in [0.1, 0.15) is 5.60 Å². The van der Waals surface area contributed by atoms with Gasteiger partial charge in [-0.1, -0.05) is 0 Å². The lowest BCUT2D eigenvalue weighted by atomic mass is 9.93. The summed E-state index contributed by atoms with van der Waals surface area (Å²) in [6, 6.07) is 0.367. The standard InChI is InChI=1S/C17H34N4O3.HI/c1-5-18-15(21-13-7-9-14(22)10-8-13)19-11-6-12-20-16(23)24-17(2,3)4;/h13-14,22H,5-12H2,1-4H3,(H,20,23)(H2,18,19,21);1H. The summed E-state index contributed by atoms with van der Waals surface area (Å²) in [5, 5.41) is 19.0. The molecule has 0 aromatic heterocycles. The zero-order valence-electron chi connectivity index (χ0n) is 15.9. The number of nitrogens with one attached hydrogen (secondary N) is 3. The number of aliphatic imine (C=N–C) groups is 1. The number of hydrogen-bond donors (Lipinski definition) is 4. The Morgan fingerprint density at radius 2 is 1.84 bits per heavy atom. The van der Waals surface area contributed by atoms with E-state index in [0.29, 0.717) is 19.1 Å². The average Bonchev–Trinajstić information content (AvgIpc) is 2.47. The van der Waals surface area contributed by atoms with E-state index in [9.17, 15) is 9.90 Å². The average molecular weight is 470 g/mol. The van der Waals surface area contributed by atoms with Gasteiger partial charge in [0.15, 0.2) is 5.96 Å². The summed E-state index contributed by atoms with van der Waals surface area (Å²) in [4.78, 5) is 16.1. The van der Waals surface area contributed by atoms with Crippen LogP contribution in [0.25, 0.3) is 0 Å². The van der Waals surface area contributed by atoms with Crippen molar-refractivity contribution in [3.05, 3.63) is 0 Å². The van der Waals surface area contributed by atoms with E-state index in [1.165, 1.54) is 0 Å². The minimum absolute atomic E-state index is 0. The third kappa shape index (κ3) is 12.3. The van der Waals surface area contributed by atoms with Crippen LogP contribution < -0.4 is 16.0 Å². The van der Waals surface area contributed by atoms with E-state index in [0.717, 1.165) is 44.6 Å². The number of halogens is 1. The van der Waals surface area contributed by atoms with Crippen LogP contribution in [-0.2, 0) is 4.74 Å². The largest absolute Gasteiger partial charge is 0.444 e. The highest BCUT2D eigenvalue weighted by molar-refractivity contribution is 14.0. The molecule has 0 spiro atoms. The topological polar surface area (TPSA) is 95.0 Å². The first kappa shape index (κ1) is 24.2. The van der Waals surface area contributed by atoms with Crippen molar-refractivity contribution in [1.29, 1.82) is 0 Å². The first-order valence-corrected chi connectivity index (χ1v) is 9.00. The number of nitrogens with zero attached hydrogens (tertiary/aromatic N) is 1. The van der Waals surface area contributed by atoms with Crippen molar-refractivity contribution >= 4 is 36.0 Å². The molecule has 0 atom stereocenters. The van der Waals surface area contributed by atoms with Crippen molar-refractivity contribution in [2.45, 2.75) is 77.5 Å². The van der Waals surface area contributed by atoms with Crippen LogP contribution >= 0.6 is 24.0 Å². The third-order valence-electron chi connectivity index (χ3n) is 3.65. The minimum atomic E-state index is -0.474. The monoisotopic (exact) mass is 470 g/mol. The molecular formula is C17H35IN4O3. The van der Waals surface area contributed by atoms with Crippen molar-refractivity contribution in [2.24, 2.45) is 4.99 Å².